The quantitative estimate of drug-likeness (QED) is 0.775. The van der Waals surface area contributed by atoms with Gasteiger partial charge in [-0.15, -0.1) is 0 Å². The summed E-state index contributed by atoms with van der Waals surface area (Å²) in [5, 5.41) is 3.88. The van der Waals surface area contributed by atoms with Crippen molar-refractivity contribution in [3.05, 3.63) is 0 Å². The predicted molar refractivity (Wildman–Crippen MR) is 71.8 cm³/mol. The smallest absolute Gasteiger partial charge is 0.0122 e. The molecule has 0 aromatic rings. The summed E-state index contributed by atoms with van der Waals surface area (Å²) in [4.78, 5) is 2.49. The van der Waals surface area contributed by atoms with Gasteiger partial charge in [-0.2, -0.15) is 0 Å². The van der Waals surface area contributed by atoms with Gasteiger partial charge in [0, 0.05) is 24.7 Å². The molecule has 2 nitrogen and oxygen atoms in total. The Balaban J connectivity index is 2.45. The van der Waals surface area contributed by atoms with Crippen LogP contribution in [0.5, 0.6) is 0 Å². The van der Waals surface area contributed by atoms with Crippen LogP contribution in [-0.2, 0) is 0 Å². The van der Waals surface area contributed by atoms with Gasteiger partial charge in [-0.25, -0.2) is 0 Å². The summed E-state index contributed by atoms with van der Waals surface area (Å²) in [6.45, 7) is 10.6. The molecule has 1 saturated heterocycles. The molecule has 1 aliphatic rings. The van der Waals surface area contributed by atoms with Crippen molar-refractivity contribution in [3.8, 4) is 0 Å². The van der Waals surface area contributed by atoms with Gasteiger partial charge in [0.15, 0.2) is 0 Å². The molecular formula is C14H30N2. The van der Waals surface area contributed by atoms with Crippen LogP contribution in [0.15, 0.2) is 0 Å². The van der Waals surface area contributed by atoms with Crippen LogP contribution < -0.4 is 5.32 Å². The fraction of sp³-hybridized carbons (Fsp3) is 1.00. The Morgan fingerprint density at radius 2 is 2.00 bits per heavy atom. The van der Waals surface area contributed by atoms with Crippen molar-refractivity contribution >= 4 is 0 Å². The minimum Gasteiger partial charge on any atom is -0.311 e. The zero-order chi connectivity index (χ0) is 12.1. The molecule has 1 N–H and O–H groups in total. The largest absolute Gasteiger partial charge is 0.311 e. The van der Waals surface area contributed by atoms with Crippen molar-refractivity contribution in [2.45, 2.75) is 71.5 Å². The Hall–Kier alpha value is -0.0800. The second-order valence-electron chi connectivity index (χ2n) is 5.67. The molecule has 0 bridgehead atoms. The highest BCUT2D eigenvalue weighted by atomic mass is 15.2. The van der Waals surface area contributed by atoms with Gasteiger partial charge in [-0.05, 0) is 39.2 Å². The lowest BCUT2D eigenvalue weighted by atomic mass is 9.89. The Morgan fingerprint density at radius 1 is 1.31 bits per heavy atom. The second-order valence-corrected chi connectivity index (χ2v) is 5.67. The Labute approximate surface area is 102 Å². The van der Waals surface area contributed by atoms with Crippen LogP contribution in [0.4, 0.5) is 0 Å². The highest BCUT2D eigenvalue weighted by Crippen LogP contribution is 2.21. The van der Waals surface area contributed by atoms with E-state index in [1.807, 2.05) is 0 Å². The van der Waals surface area contributed by atoms with Crippen LogP contribution in [0, 0.1) is 5.92 Å². The highest BCUT2D eigenvalue weighted by molar-refractivity contribution is 4.87. The first-order valence-corrected chi connectivity index (χ1v) is 7.04. The van der Waals surface area contributed by atoms with Crippen LogP contribution in [0.1, 0.15) is 53.4 Å². The maximum Gasteiger partial charge on any atom is 0.0122 e. The van der Waals surface area contributed by atoms with Crippen LogP contribution in [0.2, 0.25) is 0 Å². The SMILES string of the molecule is CCCC(CC)NC1CC(C)N(C)CC1C. The van der Waals surface area contributed by atoms with Gasteiger partial charge in [0.25, 0.3) is 0 Å². The van der Waals surface area contributed by atoms with Crippen LogP contribution in [0.3, 0.4) is 0 Å². The van der Waals surface area contributed by atoms with Crippen molar-refractivity contribution in [1.82, 2.24) is 10.2 Å². The summed E-state index contributed by atoms with van der Waals surface area (Å²) >= 11 is 0. The van der Waals surface area contributed by atoms with Crippen molar-refractivity contribution in [3.63, 3.8) is 0 Å². The van der Waals surface area contributed by atoms with Crippen molar-refractivity contribution in [1.29, 1.82) is 0 Å². The molecule has 1 rings (SSSR count). The third-order valence-corrected chi connectivity index (χ3v) is 4.19. The van der Waals surface area contributed by atoms with E-state index in [0.29, 0.717) is 0 Å². The van der Waals surface area contributed by atoms with Gasteiger partial charge in [0.1, 0.15) is 0 Å². The van der Waals surface area contributed by atoms with Gasteiger partial charge in [0.2, 0.25) is 0 Å². The fourth-order valence-electron chi connectivity index (χ4n) is 2.83. The maximum absolute atomic E-state index is 3.88. The molecule has 1 fully saturated rings. The molecular weight excluding hydrogens is 196 g/mol. The molecule has 0 radical (unpaired) electrons. The van der Waals surface area contributed by atoms with E-state index in [1.54, 1.807) is 0 Å². The molecule has 16 heavy (non-hydrogen) atoms. The molecule has 1 aliphatic heterocycles. The number of rotatable bonds is 5. The summed E-state index contributed by atoms with van der Waals surface area (Å²) in [7, 11) is 2.25. The summed E-state index contributed by atoms with van der Waals surface area (Å²) in [6.07, 6.45) is 5.19. The molecule has 0 aromatic heterocycles. The minimum absolute atomic E-state index is 0.725. The molecule has 0 spiro atoms. The van der Waals surface area contributed by atoms with E-state index in [-0.39, 0.29) is 0 Å². The first kappa shape index (κ1) is 14.0. The number of piperidine rings is 1. The van der Waals surface area contributed by atoms with Gasteiger partial charge in [0.05, 0.1) is 0 Å². The van der Waals surface area contributed by atoms with Crippen molar-refractivity contribution in [2.75, 3.05) is 13.6 Å². The average Bonchev–Trinajstić information content (AvgIpc) is 2.25. The molecule has 96 valence electrons. The number of hydrogen-bond donors (Lipinski definition) is 1. The summed E-state index contributed by atoms with van der Waals surface area (Å²) < 4.78 is 0. The molecule has 0 aromatic carbocycles. The topological polar surface area (TPSA) is 15.3 Å². The predicted octanol–water partition coefficient (Wildman–Crippen LogP) is 2.88. The lowest BCUT2D eigenvalue weighted by molar-refractivity contribution is 0.114. The fourth-order valence-corrected chi connectivity index (χ4v) is 2.83. The van der Waals surface area contributed by atoms with E-state index in [2.05, 4.69) is 45.0 Å². The summed E-state index contributed by atoms with van der Waals surface area (Å²) in [6, 6.07) is 2.18. The average molecular weight is 226 g/mol. The van der Waals surface area contributed by atoms with Crippen LogP contribution in [0.25, 0.3) is 0 Å². The Kier molecular flexibility index (Phi) is 5.77. The third-order valence-electron chi connectivity index (χ3n) is 4.19. The van der Waals surface area contributed by atoms with Crippen molar-refractivity contribution in [2.24, 2.45) is 5.92 Å². The number of hydrogen-bond acceptors (Lipinski definition) is 2. The third kappa shape index (κ3) is 3.74. The molecule has 0 amide bonds. The van der Waals surface area contributed by atoms with Crippen LogP contribution in [-0.4, -0.2) is 36.6 Å². The van der Waals surface area contributed by atoms with Gasteiger partial charge in [-0.3, -0.25) is 0 Å². The molecule has 1 heterocycles. The minimum atomic E-state index is 0.725. The molecule has 4 atom stereocenters. The molecule has 0 aliphatic carbocycles. The Morgan fingerprint density at radius 3 is 2.56 bits per heavy atom. The standard InChI is InChI=1S/C14H30N2/c1-6-8-13(7-2)15-14-9-12(4)16(5)10-11(14)3/h11-15H,6-10H2,1-5H3. The van der Waals surface area contributed by atoms with Gasteiger partial charge in [-0.1, -0.05) is 27.2 Å². The molecule has 2 heteroatoms. The highest BCUT2D eigenvalue weighted by Gasteiger charge is 2.29. The van der Waals surface area contributed by atoms with E-state index in [9.17, 15) is 0 Å². The van der Waals surface area contributed by atoms with E-state index >= 15 is 0 Å². The monoisotopic (exact) mass is 226 g/mol. The normalized spacial score (nSPS) is 33.9. The first-order chi connectivity index (χ1) is 7.58. The number of likely N-dealkylation sites (tertiary alicyclic amines) is 1. The maximum atomic E-state index is 3.88. The molecule has 4 unspecified atom stereocenters. The van der Waals surface area contributed by atoms with Gasteiger partial charge >= 0.3 is 0 Å². The second kappa shape index (κ2) is 6.61. The van der Waals surface area contributed by atoms with Crippen molar-refractivity contribution < 1.29 is 0 Å². The van der Waals surface area contributed by atoms with E-state index in [4.69, 9.17) is 0 Å². The zero-order valence-corrected chi connectivity index (χ0v) is 11.8. The van der Waals surface area contributed by atoms with E-state index < -0.39 is 0 Å². The molecule has 0 saturated carbocycles. The lowest BCUT2D eigenvalue weighted by Gasteiger charge is -2.41. The van der Waals surface area contributed by atoms with E-state index in [1.165, 1.54) is 32.2 Å². The Bertz CT molecular complexity index is 193. The van der Waals surface area contributed by atoms with Crippen LogP contribution >= 0.6 is 0 Å². The number of nitrogens with zero attached hydrogens (tertiary/aromatic N) is 1. The zero-order valence-electron chi connectivity index (χ0n) is 11.8. The van der Waals surface area contributed by atoms with Gasteiger partial charge < -0.3 is 10.2 Å². The summed E-state index contributed by atoms with van der Waals surface area (Å²) in [5.74, 6) is 0.784. The van der Waals surface area contributed by atoms with E-state index in [0.717, 1.165) is 24.0 Å². The first-order valence-electron chi connectivity index (χ1n) is 7.04. The summed E-state index contributed by atoms with van der Waals surface area (Å²) in [5.41, 5.74) is 0. The lowest BCUT2D eigenvalue weighted by Crippen LogP contribution is -2.53. The number of nitrogens with one attached hydrogen (secondary N) is 1.